The van der Waals surface area contributed by atoms with E-state index in [4.69, 9.17) is 0 Å². The molecule has 0 atom stereocenters. The predicted octanol–water partition coefficient (Wildman–Crippen LogP) is 4.31. The van der Waals surface area contributed by atoms with E-state index in [9.17, 15) is 0 Å². The molecule has 0 bridgehead atoms. The van der Waals surface area contributed by atoms with Crippen LogP contribution in [-0.2, 0) is 0 Å². The van der Waals surface area contributed by atoms with Crippen LogP contribution in [0.5, 0.6) is 0 Å². The summed E-state index contributed by atoms with van der Waals surface area (Å²) in [4.78, 5) is 2.70. The van der Waals surface area contributed by atoms with E-state index < -0.39 is 0 Å². The van der Waals surface area contributed by atoms with Crippen LogP contribution in [0.4, 0.5) is 0 Å². The summed E-state index contributed by atoms with van der Waals surface area (Å²) >= 11 is 3.73. The molecule has 2 heteroatoms. The molecule has 1 fully saturated rings. The third-order valence-corrected chi connectivity index (χ3v) is 5.43. The van der Waals surface area contributed by atoms with Crippen molar-refractivity contribution in [2.45, 2.75) is 59.4 Å². The fourth-order valence-corrected chi connectivity index (χ4v) is 3.20. The third-order valence-electron chi connectivity index (χ3n) is 4.24. The van der Waals surface area contributed by atoms with E-state index in [0.29, 0.717) is 11.5 Å². The van der Waals surface area contributed by atoms with Gasteiger partial charge >= 0.3 is 0 Å². The number of hydrogen-bond acceptors (Lipinski definition) is 1. The van der Waals surface area contributed by atoms with Crippen LogP contribution in [0.3, 0.4) is 0 Å². The number of rotatable bonds is 8. The van der Waals surface area contributed by atoms with Gasteiger partial charge in [0, 0.05) is 24.5 Å². The second-order valence-electron chi connectivity index (χ2n) is 5.81. The molecule has 0 amide bonds. The second kappa shape index (κ2) is 6.39. The lowest BCUT2D eigenvalue weighted by Gasteiger charge is -2.38. The van der Waals surface area contributed by atoms with Gasteiger partial charge in [-0.15, -0.1) is 0 Å². The van der Waals surface area contributed by atoms with Crippen LogP contribution in [-0.4, -0.2) is 29.4 Å². The highest BCUT2D eigenvalue weighted by Gasteiger charge is 2.32. The summed E-state index contributed by atoms with van der Waals surface area (Å²) in [5, 5.41) is 1.14. The largest absolute Gasteiger partial charge is 0.300 e. The Bertz CT molecular complexity index is 187. The van der Waals surface area contributed by atoms with E-state index in [1.807, 2.05) is 0 Å². The average Bonchev–Trinajstić information content (AvgIpc) is 3.08. The molecule has 0 heterocycles. The zero-order valence-corrected chi connectivity index (χ0v) is 13.0. The van der Waals surface area contributed by atoms with E-state index in [2.05, 4.69) is 48.5 Å². The number of nitrogens with zero attached hydrogens (tertiary/aromatic N) is 1. The maximum absolute atomic E-state index is 3.73. The molecule has 0 radical (unpaired) electrons. The first-order valence-corrected chi connectivity index (χ1v) is 7.99. The van der Waals surface area contributed by atoms with E-state index in [1.54, 1.807) is 0 Å². The quantitative estimate of drug-likeness (QED) is 0.602. The van der Waals surface area contributed by atoms with Crippen molar-refractivity contribution in [1.82, 2.24) is 4.90 Å². The first-order valence-electron chi connectivity index (χ1n) is 6.87. The van der Waals surface area contributed by atoms with Gasteiger partial charge in [0.1, 0.15) is 0 Å². The van der Waals surface area contributed by atoms with E-state index in [1.165, 1.54) is 38.8 Å². The maximum Gasteiger partial charge on any atom is 0.01000 e. The predicted molar refractivity (Wildman–Crippen MR) is 76.2 cm³/mol. The standard InChI is InChI=1S/C14H28BrN/c1-5-14(6-2,10-15)11-16(12(3)4)9-13-7-8-13/h12-13H,5-11H2,1-4H3. The lowest BCUT2D eigenvalue weighted by atomic mass is 9.83. The number of halogens is 1. The average molecular weight is 290 g/mol. The zero-order valence-electron chi connectivity index (χ0n) is 11.4. The van der Waals surface area contributed by atoms with Gasteiger partial charge < -0.3 is 4.90 Å². The van der Waals surface area contributed by atoms with Gasteiger partial charge in [-0.3, -0.25) is 0 Å². The lowest BCUT2D eigenvalue weighted by Crippen LogP contribution is -2.43. The Labute approximate surface area is 110 Å². The van der Waals surface area contributed by atoms with Gasteiger partial charge in [0.2, 0.25) is 0 Å². The lowest BCUT2D eigenvalue weighted by molar-refractivity contribution is 0.124. The molecule has 0 N–H and O–H groups in total. The Morgan fingerprint density at radius 2 is 1.81 bits per heavy atom. The molecule has 0 spiro atoms. The topological polar surface area (TPSA) is 3.24 Å². The monoisotopic (exact) mass is 289 g/mol. The van der Waals surface area contributed by atoms with Crippen LogP contribution >= 0.6 is 15.9 Å². The van der Waals surface area contributed by atoms with Crippen molar-refractivity contribution in [3.8, 4) is 0 Å². The molecule has 96 valence electrons. The Kier molecular flexibility index (Phi) is 5.79. The van der Waals surface area contributed by atoms with E-state index >= 15 is 0 Å². The Morgan fingerprint density at radius 1 is 1.25 bits per heavy atom. The molecule has 0 aliphatic heterocycles. The van der Waals surface area contributed by atoms with Crippen LogP contribution < -0.4 is 0 Å². The molecule has 1 aliphatic carbocycles. The highest BCUT2D eigenvalue weighted by atomic mass is 79.9. The summed E-state index contributed by atoms with van der Waals surface area (Å²) in [5.74, 6) is 1.00. The molecular weight excluding hydrogens is 262 g/mol. The summed E-state index contributed by atoms with van der Waals surface area (Å²) in [6.45, 7) is 11.9. The van der Waals surface area contributed by atoms with Gasteiger partial charge in [0.05, 0.1) is 0 Å². The van der Waals surface area contributed by atoms with Gasteiger partial charge in [-0.1, -0.05) is 29.8 Å². The van der Waals surface area contributed by atoms with Gasteiger partial charge in [-0.2, -0.15) is 0 Å². The SMILES string of the molecule is CCC(CC)(CBr)CN(CC1CC1)C(C)C. The Balaban J connectivity index is 2.55. The molecule has 0 saturated heterocycles. The third kappa shape index (κ3) is 4.03. The van der Waals surface area contributed by atoms with Crippen LogP contribution in [0.1, 0.15) is 53.4 Å². The molecule has 1 rings (SSSR count). The summed E-state index contributed by atoms with van der Waals surface area (Å²) in [6.07, 6.45) is 5.48. The first-order chi connectivity index (χ1) is 7.56. The highest BCUT2D eigenvalue weighted by molar-refractivity contribution is 9.09. The normalized spacial score (nSPS) is 17.4. The molecule has 0 aromatic heterocycles. The van der Waals surface area contributed by atoms with Crippen molar-refractivity contribution < 1.29 is 0 Å². The Hall–Kier alpha value is 0.440. The summed E-state index contributed by atoms with van der Waals surface area (Å²) in [7, 11) is 0. The van der Waals surface area contributed by atoms with E-state index in [0.717, 1.165) is 11.2 Å². The molecule has 0 unspecified atom stereocenters. The fourth-order valence-electron chi connectivity index (χ4n) is 2.23. The zero-order chi connectivity index (χ0) is 12.2. The molecule has 1 saturated carbocycles. The molecular formula is C14H28BrN. The van der Waals surface area contributed by atoms with Crippen molar-refractivity contribution in [3.05, 3.63) is 0 Å². The minimum absolute atomic E-state index is 0.485. The van der Waals surface area contributed by atoms with Crippen LogP contribution in [0.2, 0.25) is 0 Å². The van der Waals surface area contributed by atoms with E-state index in [-0.39, 0.29) is 0 Å². The minimum atomic E-state index is 0.485. The maximum atomic E-state index is 3.73. The number of hydrogen-bond donors (Lipinski definition) is 0. The van der Waals surface area contributed by atoms with Crippen LogP contribution in [0.15, 0.2) is 0 Å². The molecule has 1 nitrogen and oxygen atoms in total. The first kappa shape index (κ1) is 14.5. The van der Waals surface area contributed by atoms with Crippen molar-refractivity contribution in [1.29, 1.82) is 0 Å². The van der Waals surface area contributed by atoms with Gasteiger partial charge in [0.15, 0.2) is 0 Å². The molecule has 16 heavy (non-hydrogen) atoms. The van der Waals surface area contributed by atoms with Crippen molar-refractivity contribution in [2.24, 2.45) is 11.3 Å². The van der Waals surface area contributed by atoms with Gasteiger partial charge in [-0.05, 0) is 50.9 Å². The minimum Gasteiger partial charge on any atom is -0.300 e. The fraction of sp³-hybridized carbons (Fsp3) is 1.00. The van der Waals surface area contributed by atoms with Crippen molar-refractivity contribution in [2.75, 3.05) is 18.4 Å². The molecule has 1 aliphatic rings. The smallest absolute Gasteiger partial charge is 0.01000 e. The molecule has 0 aromatic rings. The van der Waals surface area contributed by atoms with Gasteiger partial charge in [-0.25, -0.2) is 0 Å². The number of alkyl halides is 1. The summed E-state index contributed by atoms with van der Waals surface area (Å²) < 4.78 is 0. The summed E-state index contributed by atoms with van der Waals surface area (Å²) in [6, 6.07) is 0.692. The van der Waals surface area contributed by atoms with Crippen molar-refractivity contribution >= 4 is 15.9 Å². The van der Waals surface area contributed by atoms with Gasteiger partial charge in [0.25, 0.3) is 0 Å². The molecule has 0 aromatic carbocycles. The highest BCUT2D eigenvalue weighted by Crippen LogP contribution is 2.34. The van der Waals surface area contributed by atoms with Crippen molar-refractivity contribution in [3.63, 3.8) is 0 Å². The summed E-state index contributed by atoms with van der Waals surface area (Å²) in [5.41, 5.74) is 0.485. The van der Waals surface area contributed by atoms with Crippen LogP contribution in [0, 0.1) is 11.3 Å². The van der Waals surface area contributed by atoms with Crippen LogP contribution in [0.25, 0.3) is 0 Å². The second-order valence-corrected chi connectivity index (χ2v) is 6.37. The Morgan fingerprint density at radius 3 is 2.12 bits per heavy atom.